The van der Waals surface area contributed by atoms with Crippen molar-refractivity contribution in [2.24, 2.45) is 0 Å². The van der Waals surface area contributed by atoms with Gasteiger partial charge in [0.15, 0.2) is 0 Å². The van der Waals surface area contributed by atoms with Gasteiger partial charge in [0.2, 0.25) is 5.79 Å². The third kappa shape index (κ3) is 4.41. The van der Waals surface area contributed by atoms with Crippen LogP contribution < -0.4 is 5.32 Å². The monoisotopic (exact) mass is 313 g/mol. The van der Waals surface area contributed by atoms with E-state index in [0.29, 0.717) is 23.2 Å². The summed E-state index contributed by atoms with van der Waals surface area (Å²) in [6.45, 7) is 2.77. The molecule has 0 saturated heterocycles. The average molecular weight is 313 g/mol. The number of amides is 1. The van der Waals surface area contributed by atoms with Crippen LogP contribution in [0.2, 0.25) is 0 Å². The van der Waals surface area contributed by atoms with Gasteiger partial charge < -0.3 is 15.5 Å². The molecule has 1 amide bonds. The molecule has 0 aliphatic heterocycles. The van der Waals surface area contributed by atoms with Gasteiger partial charge in [0.1, 0.15) is 0 Å². The summed E-state index contributed by atoms with van der Waals surface area (Å²) >= 11 is 0. The number of carbonyl (C=O) groups excluding carboxylic acids is 1. The fourth-order valence-electron chi connectivity index (χ4n) is 2.37. The quantitative estimate of drug-likeness (QED) is 0.544. The summed E-state index contributed by atoms with van der Waals surface area (Å²) in [4.78, 5) is 12.0. The van der Waals surface area contributed by atoms with Crippen LogP contribution in [0.4, 0.5) is 0 Å². The molecule has 2 rings (SSSR count). The number of hydrogen-bond acceptors (Lipinski definition) is 3. The van der Waals surface area contributed by atoms with Crippen molar-refractivity contribution in [3.05, 3.63) is 71.3 Å². The Morgan fingerprint density at radius 2 is 1.57 bits per heavy atom. The summed E-state index contributed by atoms with van der Waals surface area (Å²) in [7, 11) is 0. The number of hydrogen-bond donors (Lipinski definition) is 3. The molecule has 0 saturated carbocycles. The zero-order chi connectivity index (χ0) is 16.7. The largest absolute Gasteiger partial charge is 0.358 e. The molecule has 0 radical (unpaired) electrons. The maximum absolute atomic E-state index is 12.0. The van der Waals surface area contributed by atoms with Crippen molar-refractivity contribution in [2.45, 2.75) is 32.0 Å². The second-order valence-electron chi connectivity index (χ2n) is 5.58. The Hall–Kier alpha value is -2.17. The molecular weight excluding hydrogens is 290 g/mol. The second-order valence-corrected chi connectivity index (χ2v) is 5.58. The minimum atomic E-state index is -2.07. The van der Waals surface area contributed by atoms with Crippen LogP contribution in [0.25, 0.3) is 0 Å². The minimum absolute atomic E-state index is 0.145. The molecule has 2 aromatic rings. The Labute approximate surface area is 136 Å². The van der Waals surface area contributed by atoms with Gasteiger partial charge in [0.05, 0.1) is 0 Å². The van der Waals surface area contributed by atoms with Crippen LogP contribution in [-0.4, -0.2) is 22.7 Å². The van der Waals surface area contributed by atoms with Crippen molar-refractivity contribution in [1.82, 2.24) is 5.32 Å². The predicted molar refractivity (Wildman–Crippen MR) is 90.0 cm³/mol. The van der Waals surface area contributed by atoms with Gasteiger partial charge in [-0.05, 0) is 18.6 Å². The average Bonchev–Trinajstić information content (AvgIpc) is 2.59. The van der Waals surface area contributed by atoms with Crippen molar-refractivity contribution < 1.29 is 15.0 Å². The Morgan fingerprint density at radius 1 is 0.957 bits per heavy atom. The van der Waals surface area contributed by atoms with E-state index in [1.807, 2.05) is 6.07 Å². The van der Waals surface area contributed by atoms with E-state index in [1.54, 1.807) is 48.5 Å². The molecule has 2 aromatic carbocycles. The molecule has 0 heterocycles. The highest BCUT2D eigenvalue weighted by Gasteiger charge is 2.28. The summed E-state index contributed by atoms with van der Waals surface area (Å²) in [6, 6.07) is 14.9. The normalized spacial score (nSPS) is 11.3. The number of carbonyl (C=O) groups is 1. The minimum Gasteiger partial charge on any atom is -0.358 e. The van der Waals surface area contributed by atoms with Crippen molar-refractivity contribution in [3.8, 4) is 0 Å². The Bertz CT molecular complexity index is 621. The SMILES string of the molecule is CCCCCNC(=O)c1ccc(C(O)(O)c2ccccc2)cc1. The molecule has 122 valence electrons. The van der Waals surface area contributed by atoms with Crippen molar-refractivity contribution in [1.29, 1.82) is 0 Å². The van der Waals surface area contributed by atoms with E-state index in [0.717, 1.165) is 19.3 Å². The maximum Gasteiger partial charge on any atom is 0.251 e. The third-order valence-corrected chi connectivity index (χ3v) is 3.79. The van der Waals surface area contributed by atoms with E-state index in [2.05, 4.69) is 12.2 Å². The molecule has 0 aromatic heterocycles. The van der Waals surface area contributed by atoms with E-state index in [-0.39, 0.29) is 5.91 Å². The number of rotatable bonds is 7. The maximum atomic E-state index is 12.0. The van der Waals surface area contributed by atoms with Crippen molar-refractivity contribution in [3.63, 3.8) is 0 Å². The van der Waals surface area contributed by atoms with Gasteiger partial charge in [0, 0.05) is 23.2 Å². The van der Waals surface area contributed by atoms with Gasteiger partial charge in [-0.1, -0.05) is 62.2 Å². The summed E-state index contributed by atoms with van der Waals surface area (Å²) in [5, 5.41) is 23.5. The van der Waals surface area contributed by atoms with E-state index in [9.17, 15) is 15.0 Å². The zero-order valence-corrected chi connectivity index (χ0v) is 13.3. The Morgan fingerprint density at radius 3 is 2.17 bits per heavy atom. The number of unbranched alkanes of at least 4 members (excludes halogenated alkanes) is 2. The molecular formula is C19H23NO3. The first-order chi connectivity index (χ1) is 11.1. The van der Waals surface area contributed by atoms with Gasteiger partial charge in [-0.25, -0.2) is 0 Å². The highest BCUT2D eigenvalue weighted by atomic mass is 16.5. The fraction of sp³-hybridized carbons (Fsp3) is 0.316. The molecule has 0 spiro atoms. The van der Waals surface area contributed by atoms with E-state index in [1.165, 1.54) is 0 Å². The lowest BCUT2D eigenvalue weighted by molar-refractivity contribution is -0.132. The number of benzene rings is 2. The summed E-state index contributed by atoms with van der Waals surface area (Å²) < 4.78 is 0. The molecule has 0 atom stereocenters. The zero-order valence-electron chi connectivity index (χ0n) is 13.3. The van der Waals surface area contributed by atoms with Gasteiger partial charge >= 0.3 is 0 Å². The number of aliphatic hydroxyl groups is 2. The molecule has 0 aliphatic rings. The standard InChI is InChI=1S/C19H23NO3/c1-2-3-7-14-20-18(21)15-10-12-17(13-11-15)19(22,23)16-8-5-4-6-9-16/h4-6,8-13,22-23H,2-3,7,14H2,1H3,(H,20,21). The summed E-state index contributed by atoms with van der Waals surface area (Å²) in [5.74, 6) is -2.22. The smallest absolute Gasteiger partial charge is 0.251 e. The van der Waals surface area contributed by atoms with Crippen LogP contribution in [0, 0.1) is 0 Å². The molecule has 0 bridgehead atoms. The Kier molecular flexibility index (Phi) is 5.90. The van der Waals surface area contributed by atoms with Crippen LogP contribution in [0.1, 0.15) is 47.7 Å². The highest BCUT2D eigenvalue weighted by Crippen LogP contribution is 2.26. The molecule has 0 unspecified atom stereocenters. The molecule has 4 nitrogen and oxygen atoms in total. The first-order valence-electron chi connectivity index (χ1n) is 7.94. The molecule has 0 aliphatic carbocycles. The summed E-state index contributed by atoms with van der Waals surface area (Å²) in [6.07, 6.45) is 3.16. The molecule has 23 heavy (non-hydrogen) atoms. The third-order valence-electron chi connectivity index (χ3n) is 3.79. The topological polar surface area (TPSA) is 69.6 Å². The Balaban J connectivity index is 2.06. The lowest BCUT2D eigenvalue weighted by Crippen LogP contribution is -2.27. The van der Waals surface area contributed by atoms with Gasteiger partial charge in [-0.3, -0.25) is 4.79 Å². The van der Waals surface area contributed by atoms with Crippen molar-refractivity contribution >= 4 is 5.91 Å². The van der Waals surface area contributed by atoms with Crippen LogP contribution in [0.15, 0.2) is 54.6 Å². The van der Waals surface area contributed by atoms with Crippen LogP contribution in [0.5, 0.6) is 0 Å². The molecule has 3 N–H and O–H groups in total. The first-order valence-corrected chi connectivity index (χ1v) is 7.94. The fourth-order valence-corrected chi connectivity index (χ4v) is 2.37. The predicted octanol–water partition coefficient (Wildman–Crippen LogP) is 2.79. The highest BCUT2D eigenvalue weighted by molar-refractivity contribution is 5.94. The van der Waals surface area contributed by atoms with Crippen molar-refractivity contribution in [2.75, 3.05) is 6.54 Å². The first kappa shape index (κ1) is 17.2. The second kappa shape index (κ2) is 7.90. The van der Waals surface area contributed by atoms with E-state index >= 15 is 0 Å². The van der Waals surface area contributed by atoms with E-state index < -0.39 is 5.79 Å². The van der Waals surface area contributed by atoms with Gasteiger partial charge in [-0.2, -0.15) is 0 Å². The van der Waals surface area contributed by atoms with Gasteiger partial charge in [-0.15, -0.1) is 0 Å². The number of nitrogens with one attached hydrogen (secondary N) is 1. The van der Waals surface area contributed by atoms with E-state index in [4.69, 9.17) is 0 Å². The van der Waals surface area contributed by atoms with Gasteiger partial charge in [0.25, 0.3) is 5.91 Å². The lowest BCUT2D eigenvalue weighted by atomic mass is 9.96. The molecule has 0 fully saturated rings. The molecule has 4 heteroatoms. The van der Waals surface area contributed by atoms with Crippen LogP contribution >= 0.6 is 0 Å². The summed E-state index contributed by atoms with van der Waals surface area (Å²) in [5.41, 5.74) is 1.22. The van der Waals surface area contributed by atoms with Crippen LogP contribution in [0.3, 0.4) is 0 Å². The van der Waals surface area contributed by atoms with Crippen LogP contribution in [-0.2, 0) is 5.79 Å². The lowest BCUT2D eigenvalue weighted by Gasteiger charge is -2.22.